The summed E-state index contributed by atoms with van der Waals surface area (Å²) < 4.78 is 16.0. The van der Waals surface area contributed by atoms with Crippen LogP contribution in [0.5, 0.6) is 5.75 Å². The van der Waals surface area contributed by atoms with Crippen LogP contribution in [0, 0.1) is 6.92 Å². The van der Waals surface area contributed by atoms with E-state index in [-0.39, 0.29) is 12.2 Å². The molecule has 18 heavy (non-hydrogen) atoms. The maximum atomic E-state index is 11.9. The van der Waals surface area contributed by atoms with Gasteiger partial charge in [-0.15, -0.1) is 0 Å². The predicted octanol–water partition coefficient (Wildman–Crippen LogP) is 2.65. The van der Waals surface area contributed by atoms with Crippen molar-refractivity contribution in [1.82, 2.24) is 0 Å². The molecule has 0 aliphatic heterocycles. The van der Waals surface area contributed by atoms with Crippen molar-refractivity contribution in [3.05, 3.63) is 39.7 Å². The fourth-order valence-corrected chi connectivity index (χ4v) is 1.84. The highest BCUT2D eigenvalue weighted by molar-refractivity contribution is 5.81. The fourth-order valence-electron chi connectivity index (χ4n) is 1.84. The Morgan fingerprint density at radius 1 is 1.33 bits per heavy atom. The zero-order chi connectivity index (χ0) is 13.1. The Morgan fingerprint density at radius 3 is 2.78 bits per heavy atom. The topological polar surface area (TPSA) is 48.7 Å². The molecule has 96 valence electrons. The number of ether oxygens (including phenoxy) is 2. The largest absolute Gasteiger partial charge is 0.467 e. The van der Waals surface area contributed by atoms with E-state index in [9.17, 15) is 4.79 Å². The quantitative estimate of drug-likeness (QED) is 0.780. The Balaban J connectivity index is 2.61. The Bertz CT molecular complexity index is 613. The number of rotatable bonds is 4. The van der Waals surface area contributed by atoms with Gasteiger partial charge in [-0.1, -0.05) is 6.92 Å². The number of aryl methyl sites for hydroxylation is 2. The molecule has 4 heteroatoms. The number of hydrogen-bond donors (Lipinski definition) is 0. The van der Waals surface area contributed by atoms with Crippen LogP contribution in [-0.2, 0) is 11.2 Å². The summed E-state index contributed by atoms with van der Waals surface area (Å²) in [6, 6.07) is 5.02. The molecule has 0 aliphatic carbocycles. The first-order chi connectivity index (χ1) is 8.67. The monoisotopic (exact) mass is 248 g/mol. The van der Waals surface area contributed by atoms with Crippen molar-refractivity contribution in [2.24, 2.45) is 0 Å². The first kappa shape index (κ1) is 12.6. The van der Waals surface area contributed by atoms with Crippen molar-refractivity contribution in [3.63, 3.8) is 0 Å². The Kier molecular flexibility index (Phi) is 3.67. The second-order valence-corrected chi connectivity index (χ2v) is 4.05. The zero-order valence-electron chi connectivity index (χ0n) is 10.8. The summed E-state index contributed by atoms with van der Waals surface area (Å²) in [5.41, 5.74) is 1.39. The zero-order valence-corrected chi connectivity index (χ0v) is 10.8. The number of fused-ring (bicyclic) bond motifs is 1. The smallest absolute Gasteiger partial charge is 0.192 e. The van der Waals surface area contributed by atoms with Gasteiger partial charge in [-0.25, -0.2) is 0 Å². The van der Waals surface area contributed by atoms with Crippen LogP contribution in [0.4, 0.5) is 0 Å². The van der Waals surface area contributed by atoms with Crippen molar-refractivity contribution in [1.29, 1.82) is 0 Å². The van der Waals surface area contributed by atoms with Crippen LogP contribution in [0.3, 0.4) is 0 Å². The van der Waals surface area contributed by atoms with Crippen LogP contribution in [0.1, 0.15) is 18.2 Å². The first-order valence-electron chi connectivity index (χ1n) is 5.85. The van der Waals surface area contributed by atoms with Gasteiger partial charge in [-0.2, -0.15) is 0 Å². The van der Waals surface area contributed by atoms with Gasteiger partial charge >= 0.3 is 0 Å². The van der Waals surface area contributed by atoms with Gasteiger partial charge in [0.25, 0.3) is 0 Å². The molecular weight excluding hydrogens is 232 g/mol. The van der Waals surface area contributed by atoms with E-state index in [4.69, 9.17) is 13.9 Å². The van der Waals surface area contributed by atoms with Crippen molar-refractivity contribution >= 4 is 11.0 Å². The van der Waals surface area contributed by atoms with Gasteiger partial charge in [0.15, 0.2) is 12.2 Å². The van der Waals surface area contributed by atoms with E-state index in [1.54, 1.807) is 19.2 Å². The highest BCUT2D eigenvalue weighted by atomic mass is 16.7. The minimum absolute atomic E-state index is 0.0190. The molecule has 2 aromatic rings. The molecule has 1 heterocycles. The molecule has 0 bridgehead atoms. The van der Waals surface area contributed by atoms with Crippen LogP contribution in [0.2, 0.25) is 0 Å². The van der Waals surface area contributed by atoms with Gasteiger partial charge in [-0.05, 0) is 19.1 Å². The molecule has 0 fully saturated rings. The molecule has 0 amide bonds. The molecule has 0 atom stereocenters. The summed E-state index contributed by atoms with van der Waals surface area (Å²) in [5.74, 6) is 1.35. The summed E-state index contributed by atoms with van der Waals surface area (Å²) in [5, 5.41) is 0.578. The average Bonchev–Trinajstić information content (AvgIpc) is 2.38. The third-order valence-electron chi connectivity index (χ3n) is 2.83. The van der Waals surface area contributed by atoms with Crippen molar-refractivity contribution < 1.29 is 13.9 Å². The average molecular weight is 248 g/mol. The summed E-state index contributed by atoms with van der Waals surface area (Å²) in [7, 11) is 1.56. The lowest BCUT2D eigenvalue weighted by Crippen LogP contribution is -2.05. The lowest BCUT2D eigenvalue weighted by Gasteiger charge is -2.10. The van der Waals surface area contributed by atoms with Gasteiger partial charge in [-0.3, -0.25) is 4.79 Å². The van der Waals surface area contributed by atoms with E-state index in [1.807, 2.05) is 13.8 Å². The maximum Gasteiger partial charge on any atom is 0.192 e. The van der Waals surface area contributed by atoms with Crippen molar-refractivity contribution in [2.45, 2.75) is 20.3 Å². The first-order valence-corrected chi connectivity index (χ1v) is 5.85. The summed E-state index contributed by atoms with van der Waals surface area (Å²) >= 11 is 0. The molecular formula is C14H16O4. The normalized spacial score (nSPS) is 10.8. The van der Waals surface area contributed by atoms with Crippen molar-refractivity contribution in [3.8, 4) is 5.75 Å². The van der Waals surface area contributed by atoms with E-state index in [0.29, 0.717) is 28.9 Å². The molecule has 1 aromatic heterocycles. The van der Waals surface area contributed by atoms with Gasteiger partial charge in [0, 0.05) is 25.2 Å². The number of methoxy groups -OCH3 is 1. The minimum Gasteiger partial charge on any atom is -0.467 e. The van der Waals surface area contributed by atoms with Crippen molar-refractivity contribution in [2.75, 3.05) is 13.9 Å². The van der Waals surface area contributed by atoms with E-state index < -0.39 is 0 Å². The molecule has 0 saturated heterocycles. The molecule has 1 aromatic carbocycles. The van der Waals surface area contributed by atoms with Crippen LogP contribution < -0.4 is 10.2 Å². The van der Waals surface area contributed by atoms with Crippen LogP contribution in [-0.4, -0.2) is 13.9 Å². The lowest BCUT2D eigenvalue weighted by atomic mass is 10.1. The van der Waals surface area contributed by atoms with E-state index in [2.05, 4.69) is 0 Å². The Morgan fingerprint density at radius 2 is 2.11 bits per heavy atom. The summed E-state index contributed by atoms with van der Waals surface area (Å²) in [6.07, 6.45) is 0.688. The molecule has 0 unspecified atom stereocenters. The van der Waals surface area contributed by atoms with Crippen LogP contribution in [0.15, 0.2) is 27.4 Å². The third kappa shape index (κ3) is 2.24. The van der Waals surface area contributed by atoms with E-state index in [0.717, 1.165) is 5.56 Å². The van der Waals surface area contributed by atoms with Gasteiger partial charge in [0.2, 0.25) is 0 Å². The minimum atomic E-state index is -0.0190. The summed E-state index contributed by atoms with van der Waals surface area (Å²) in [6.45, 7) is 3.99. The Hall–Kier alpha value is -1.81. The molecule has 2 rings (SSSR count). The standard InChI is InChI=1S/C14H16O4/c1-4-10-7-12(15)11-5-6-13(17-8-16-3)9(2)14(11)18-10/h5-7H,4,8H2,1-3H3. The predicted molar refractivity (Wildman–Crippen MR) is 69.1 cm³/mol. The highest BCUT2D eigenvalue weighted by Gasteiger charge is 2.10. The second kappa shape index (κ2) is 5.23. The third-order valence-corrected chi connectivity index (χ3v) is 2.83. The Labute approximate surface area is 105 Å². The summed E-state index contributed by atoms with van der Waals surface area (Å²) in [4.78, 5) is 11.9. The maximum absolute atomic E-state index is 11.9. The van der Waals surface area contributed by atoms with E-state index in [1.165, 1.54) is 6.07 Å². The molecule has 0 saturated carbocycles. The number of hydrogen-bond acceptors (Lipinski definition) is 4. The van der Waals surface area contributed by atoms with E-state index >= 15 is 0 Å². The highest BCUT2D eigenvalue weighted by Crippen LogP contribution is 2.26. The van der Waals surface area contributed by atoms with Gasteiger partial charge in [0.05, 0.1) is 5.39 Å². The van der Waals surface area contributed by atoms with Gasteiger partial charge < -0.3 is 13.9 Å². The van der Waals surface area contributed by atoms with Crippen LogP contribution >= 0.6 is 0 Å². The molecule has 0 aliphatic rings. The second-order valence-electron chi connectivity index (χ2n) is 4.05. The lowest BCUT2D eigenvalue weighted by molar-refractivity contribution is 0.0507. The molecule has 0 radical (unpaired) electrons. The SMILES string of the molecule is CCc1cc(=O)c2ccc(OCOC)c(C)c2o1. The molecule has 4 nitrogen and oxygen atoms in total. The molecule has 0 spiro atoms. The fraction of sp³-hybridized carbons (Fsp3) is 0.357. The van der Waals surface area contributed by atoms with Gasteiger partial charge in [0.1, 0.15) is 17.1 Å². The number of benzene rings is 1. The molecule has 0 N–H and O–H groups in total. The van der Waals surface area contributed by atoms with Crippen LogP contribution in [0.25, 0.3) is 11.0 Å².